The third kappa shape index (κ3) is 4.06. The smallest absolute Gasteiger partial charge is 0.259 e. The molecule has 0 spiro atoms. The average Bonchev–Trinajstić information content (AvgIpc) is 3.13. The van der Waals surface area contributed by atoms with Crippen LogP contribution in [0.4, 0.5) is 11.6 Å². The molecule has 4 heterocycles. The molecular weight excluding hydrogens is 344 g/mol. The summed E-state index contributed by atoms with van der Waals surface area (Å²) >= 11 is 0. The van der Waals surface area contributed by atoms with Gasteiger partial charge in [0.25, 0.3) is 5.89 Å². The molecule has 0 unspecified atom stereocenters. The second kappa shape index (κ2) is 7.71. The van der Waals surface area contributed by atoms with E-state index in [1.54, 1.807) is 19.3 Å². The Bertz CT molecular complexity index is 895. The maximum atomic E-state index is 9.95. The summed E-state index contributed by atoms with van der Waals surface area (Å²) in [5, 5.41) is 17.1. The van der Waals surface area contributed by atoms with Crippen molar-refractivity contribution in [3.8, 4) is 11.5 Å². The lowest BCUT2D eigenvalue weighted by Crippen LogP contribution is -2.39. The first kappa shape index (κ1) is 17.4. The lowest BCUT2D eigenvalue weighted by Gasteiger charge is -2.32. The number of nitrogens with one attached hydrogen (secondary N) is 1. The fourth-order valence-corrected chi connectivity index (χ4v) is 3.23. The van der Waals surface area contributed by atoms with E-state index in [2.05, 4.69) is 30.3 Å². The number of β-amino-alcohol motifs (C(OH)–C–C–N with tert-alkyl or cyclic N) is 1. The summed E-state index contributed by atoms with van der Waals surface area (Å²) in [7, 11) is 0. The quantitative estimate of drug-likeness (QED) is 0.710. The van der Waals surface area contributed by atoms with Gasteiger partial charge >= 0.3 is 0 Å². The van der Waals surface area contributed by atoms with E-state index >= 15 is 0 Å². The predicted octanol–water partition coefficient (Wildman–Crippen LogP) is 2.41. The molecule has 3 aromatic rings. The second-order valence-corrected chi connectivity index (χ2v) is 6.66. The van der Waals surface area contributed by atoms with Gasteiger partial charge in [0.1, 0.15) is 11.6 Å². The van der Waals surface area contributed by atoms with Gasteiger partial charge in [-0.3, -0.25) is 0 Å². The minimum Gasteiger partial charge on any atom is -0.391 e. The van der Waals surface area contributed by atoms with Crippen LogP contribution in [0.25, 0.3) is 11.5 Å². The number of piperidine rings is 1. The molecule has 8 nitrogen and oxygen atoms in total. The number of aliphatic hydroxyl groups excluding tert-OH is 1. The molecule has 140 valence electrons. The van der Waals surface area contributed by atoms with Gasteiger partial charge in [-0.2, -0.15) is 4.98 Å². The molecule has 1 fully saturated rings. The Morgan fingerprint density at radius 2 is 2.22 bits per heavy atom. The van der Waals surface area contributed by atoms with E-state index in [0.717, 1.165) is 42.1 Å². The first-order chi connectivity index (χ1) is 13.2. The van der Waals surface area contributed by atoms with Crippen molar-refractivity contribution in [3.05, 3.63) is 48.0 Å². The molecule has 0 radical (unpaired) electrons. The van der Waals surface area contributed by atoms with Gasteiger partial charge in [-0.1, -0.05) is 11.2 Å². The van der Waals surface area contributed by atoms with Crippen LogP contribution in [0.2, 0.25) is 0 Å². The number of pyridine rings is 2. The van der Waals surface area contributed by atoms with Crippen molar-refractivity contribution in [2.24, 2.45) is 0 Å². The topological polar surface area (TPSA) is 100 Å². The fourth-order valence-electron chi connectivity index (χ4n) is 3.23. The van der Waals surface area contributed by atoms with Crippen LogP contribution in [0.5, 0.6) is 0 Å². The minimum absolute atomic E-state index is 0.288. The highest BCUT2D eigenvalue weighted by Gasteiger charge is 2.20. The Morgan fingerprint density at radius 3 is 2.96 bits per heavy atom. The molecule has 3 aromatic heterocycles. The van der Waals surface area contributed by atoms with E-state index in [-0.39, 0.29) is 6.10 Å². The normalized spacial score (nSPS) is 17.1. The third-order valence-electron chi connectivity index (χ3n) is 4.56. The zero-order chi connectivity index (χ0) is 18.6. The van der Waals surface area contributed by atoms with Crippen molar-refractivity contribution >= 4 is 11.6 Å². The number of rotatable bonds is 5. The molecule has 0 aliphatic carbocycles. The van der Waals surface area contributed by atoms with Crippen LogP contribution in [-0.2, 0) is 6.54 Å². The number of aromatic nitrogens is 4. The summed E-state index contributed by atoms with van der Waals surface area (Å²) in [4.78, 5) is 15.3. The van der Waals surface area contributed by atoms with Crippen molar-refractivity contribution in [3.63, 3.8) is 0 Å². The van der Waals surface area contributed by atoms with Crippen molar-refractivity contribution < 1.29 is 9.63 Å². The summed E-state index contributed by atoms with van der Waals surface area (Å²) in [6.45, 7) is 3.92. The van der Waals surface area contributed by atoms with Crippen molar-refractivity contribution in [2.75, 3.05) is 23.3 Å². The first-order valence-electron chi connectivity index (χ1n) is 9.06. The predicted molar refractivity (Wildman–Crippen MR) is 101 cm³/mol. The Hall–Kier alpha value is -3.00. The zero-order valence-electron chi connectivity index (χ0n) is 15.2. The summed E-state index contributed by atoms with van der Waals surface area (Å²) in [6, 6.07) is 7.75. The highest BCUT2D eigenvalue weighted by Crippen LogP contribution is 2.23. The number of hydrogen-bond acceptors (Lipinski definition) is 8. The van der Waals surface area contributed by atoms with Crippen molar-refractivity contribution in [1.82, 2.24) is 20.1 Å². The lowest BCUT2D eigenvalue weighted by molar-refractivity contribution is 0.154. The lowest BCUT2D eigenvalue weighted by atomic mass is 10.1. The van der Waals surface area contributed by atoms with E-state index in [9.17, 15) is 5.11 Å². The molecule has 0 saturated carbocycles. The average molecular weight is 366 g/mol. The molecular formula is C19H22N6O2. The first-order valence-corrected chi connectivity index (χ1v) is 9.06. The number of nitrogens with zero attached hydrogens (tertiary/aromatic N) is 5. The number of aryl methyl sites for hydroxylation is 1. The molecule has 1 aliphatic rings. The van der Waals surface area contributed by atoms with Gasteiger partial charge in [0.2, 0.25) is 0 Å². The van der Waals surface area contributed by atoms with E-state index in [1.165, 1.54) is 0 Å². The highest BCUT2D eigenvalue weighted by molar-refractivity contribution is 5.55. The number of aliphatic hydroxyl groups is 1. The molecule has 1 atom stereocenters. The Labute approximate surface area is 157 Å². The van der Waals surface area contributed by atoms with Gasteiger partial charge < -0.3 is 19.8 Å². The van der Waals surface area contributed by atoms with Crippen LogP contribution >= 0.6 is 0 Å². The molecule has 27 heavy (non-hydrogen) atoms. The van der Waals surface area contributed by atoms with Gasteiger partial charge in [0, 0.05) is 37.6 Å². The van der Waals surface area contributed by atoms with Gasteiger partial charge in [-0.25, -0.2) is 9.97 Å². The van der Waals surface area contributed by atoms with Gasteiger partial charge in [0.15, 0.2) is 5.82 Å². The Balaban J connectivity index is 1.44. The van der Waals surface area contributed by atoms with E-state index in [4.69, 9.17) is 4.52 Å². The third-order valence-corrected chi connectivity index (χ3v) is 4.56. The van der Waals surface area contributed by atoms with Crippen LogP contribution < -0.4 is 10.2 Å². The van der Waals surface area contributed by atoms with Crippen molar-refractivity contribution in [2.45, 2.75) is 32.4 Å². The van der Waals surface area contributed by atoms with Gasteiger partial charge in [-0.05, 0) is 38.0 Å². The van der Waals surface area contributed by atoms with Crippen LogP contribution in [0.3, 0.4) is 0 Å². The Kier molecular flexibility index (Phi) is 4.97. The molecule has 2 N–H and O–H groups in total. The number of anilines is 2. The zero-order valence-corrected chi connectivity index (χ0v) is 15.2. The van der Waals surface area contributed by atoms with E-state index in [0.29, 0.717) is 24.8 Å². The van der Waals surface area contributed by atoms with E-state index in [1.807, 2.05) is 24.3 Å². The molecule has 0 aromatic carbocycles. The number of hydrogen-bond donors (Lipinski definition) is 2. The maximum Gasteiger partial charge on any atom is 0.259 e. The maximum absolute atomic E-state index is 9.95. The van der Waals surface area contributed by atoms with E-state index < -0.39 is 0 Å². The van der Waals surface area contributed by atoms with Crippen molar-refractivity contribution in [1.29, 1.82) is 0 Å². The van der Waals surface area contributed by atoms with Crippen LogP contribution in [0.1, 0.15) is 24.2 Å². The molecule has 8 heteroatoms. The fraction of sp³-hybridized carbons (Fsp3) is 0.368. The SMILES string of the molecule is Cc1noc(-c2ccc(NCc3cccnc3N3CCC[C@@H](O)C3)nc2)n1. The van der Waals surface area contributed by atoms with Gasteiger partial charge in [-0.15, -0.1) is 0 Å². The summed E-state index contributed by atoms with van der Waals surface area (Å²) < 4.78 is 5.16. The molecule has 0 amide bonds. The van der Waals surface area contributed by atoms with Gasteiger partial charge in [0.05, 0.1) is 11.7 Å². The Morgan fingerprint density at radius 1 is 1.30 bits per heavy atom. The second-order valence-electron chi connectivity index (χ2n) is 6.66. The molecule has 1 saturated heterocycles. The van der Waals surface area contributed by atoms with Crippen LogP contribution in [-0.4, -0.2) is 44.4 Å². The standard InChI is InChI=1S/C19H22N6O2/c1-13-23-19(27-24-13)15-6-7-17(22-11-15)21-10-14-4-2-8-20-18(14)25-9-3-5-16(26)12-25/h2,4,6-8,11,16,26H,3,5,9-10,12H2,1H3,(H,21,22)/t16-/m1/s1. The monoisotopic (exact) mass is 366 g/mol. The molecule has 1 aliphatic heterocycles. The molecule has 0 bridgehead atoms. The summed E-state index contributed by atoms with van der Waals surface area (Å²) in [5.74, 6) is 2.73. The molecule has 4 rings (SSSR count). The minimum atomic E-state index is -0.288. The van der Waals surface area contributed by atoms with Crippen LogP contribution in [0.15, 0.2) is 41.2 Å². The summed E-state index contributed by atoms with van der Waals surface area (Å²) in [6.07, 6.45) is 5.04. The highest BCUT2D eigenvalue weighted by atomic mass is 16.5. The van der Waals surface area contributed by atoms with Crippen LogP contribution in [0, 0.1) is 6.92 Å². The summed E-state index contributed by atoms with van der Waals surface area (Å²) in [5.41, 5.74) is 1.86. The largest absolute Gasteiger partial charge is 0.391 e.